The summed E-state index contributed by atoms with van der Waals surface area (Å²) in [7, 11) is 1.44. The first-order valence-corrected chi connectivity index (χ1v) is 15.3. The summed E-state index contributed by atoms with van der Waals surface area (Å²) in [5.74, 6) is -1.08. The zero-order valence-electron chi connectivity index (χ0n) is 26.4. The van der Waals surface area contributed by atoms with Gasteiger partial charge in [-0.2, -0.15) is 5.26 Å². The van der Waals surface area contributed by atoms with E-state index in [1.54, 1.807) is 31.2 Å². The first kappa shape index (κ1) is 31.7. The maximum absolute atomic E-state index is 13.7. The van der Waals surface area contributed by atoms with Crippen LogP contribution in [-0.2, 0) is 11.3 Å². The number of amides is 3. The summed E-state index contributed by atoms with van der Waals surface area (Å²) in [6.07, 6.45) is 2.67. The number of aromatic amines is 1. The normalized spacial score (nSPS) is 11.5. The molecule has 1 atom stereocenters. The highest BCUT2D eigenvalue weighted by atomic mass is 16.5. The predicted molar refractivity (Wildman–Crippen MR) is 178 cm³/mol. The lowest BCUT2D eigenvalue weighted by Crippen LogP contribution is -2.41. The number of aromatic nitrogens is 1. The Morgan fingerprint density at radius 3 is 2.43 bits per heavy atom. The van der Waals surface area contributed by atoms with Gasteiger partial charge in [0, 0.05) is 42.2 Å². The fourth-order valence-corrected chi connectivity index (χ4v) is 5.76. The van der Waals surface area contributed by atoms with E-state index in [-0.39, 0.29) is 12.5 Å². The maximum atomic E-state index is 13.7. The van der Waals surface area contributed by atoms with Gasteiger partial charge in [-0.3, -0.25) is 9.69 Å². The number of nitriles is 1. The zero-order chi connectivity index (χ0) is 32.8. The molecule has 46 heavy (non-hydrogen) atoms. The summed E-state index contributed by atoms with van der Waals surface area (Å²) in [5, 5.41) is 13.1. The van der Waals surface area contributed by atoms with Crippen LogP contribution in [-0.4, -0.2) is 41.4 Å². The van der Waals surface area contributed by atoms with Crippen LogP contribution >= 0.6 is 0 Å². The number of esters is 1. The fraction of sp³-hybridized carbons (Fsp3) is 0.211. The summed E-state index contributed by atoms with van der Waals surface area (Å²) in [5.41, 5.74) is 7.12. The van der Waals surface area contributed by atoms with E-state index >= 15 is 0 Å². The van der Waals surface area contributed by atoms with Gasteiger partial charge in [0.15, 0.2) is 0 Å². The van der Waals surface area contributed by atoms with E-state index < -0.39 is 17.9 Å². The number of carbonyl (C=O) groups excluding carboxylic acids is 3. The molecule has 0 aliphatic heterocycles. The van der Waals surface area contributed by atoms with Gasteiger partial charge in [0.25, 0.3) is 5.91 Å². The third-order valence-electron chi connectivity index (χ3n) is 8.14. The summed E-state index contributed by atoms with van der Waals surface area (Å²) in [6.45, 7) is 6.29. The van der Waals surface area contributed by atoms with Gasteiger partial charge in [-0.1, -0.05) is 67.1 Å². The van der Waals surface area contributed by atoms with Crippen LogP contribution in [0.5, 0.6) is 0 Å². The Morgan fingerprint density at radius 1 is 0.935 bits per heavy atom. The average molecular weight is 613 g/mol. The molecule has 0 spiro atoms. The molecule has 1 unspecified atom stereocenters. The molecule has 4 aromatic carbocycles. The van der Waals surface area contributed by atoms with Gasteiger partial charge in [0.2, 0.25) is 0 Å². The van der Waals surface area contributed by atoms with E-state index in [0.717, 1.165) is 38.1 Å². The lowest BCUT2D eigenvalue weighted by molar-refractivity contribution is 0.0473. The lowest BCUT2D eigenvalue weighted by atomic mass is 9.82. The Labute approximate surface area is 268 Å². The van der Waals surface area contributed by atoms with Crippen LogP contribution in [0.15, 0.2) is 91.1 Å². The SMILES string of the molecule is CCNC(=O)N(C)C(=O)c1ccc(C(CC)c2c[nH]c3cc(C#N)ccc23)c(-c2ccc(C)cc2C(=O)OCc2ccccc2)c1. The van der Waals surface area contributed by atoms with Crippen molar-refractivity contribution in [1.82, 2.24) is 15.2 Å². The highest BCUT2D eigenvalue weighted by molar-refractivity contribution is 6.05. The molecule has 0 aliphatic rings. The second-order valence-corrected chi connectivity index (χ2v) is 11.2. The second-order valence-electron chi connectivity index (χ2n) is 11.2. The summed E-state index contributed by atoms with van der Waals surface area (Å²) in [6, 6.07) is 27.8. The van der Waals surface area contributed by atoms with Crippen LogP contribution in [0, 0.1) is 18.3 Å². The van der Waals surface area contributed by atoms with Gasteiger partial charge in [0.05, 0.1) is 17.2 Å². The highest BCUT2D eigenvalue weighted by Crippen LogP contribution is 2.40. The van der Waals surface area contributed by atoms with Crippen molar-refractivity contribution in [3.05, 3.63) is 130 Å². The molecular formula is C38H36N4O4. The van der Waals surface area contributed by atoms with Gasteiger partial charge < -0.3 is 15.0 Å². The summed E-state index contributed by atoms with van der Waals surface area (Å²) >= 11 is 0. The van der Waals surface area contributed by atoms with E-state index in [4.69, 9.17) is 4.74 Å². The van der Waals surface area contributed by atoms with Crippen molar-refractivity contribution in [2.75, 3.05) is 13.6 Å². The molecule has 8 nitrogen and oxygen atoms in total. The molecule has 0 saturated heterocycles. The summed E-state index contributed by atoms with van der Waals surface area (Å²) < 4.78 is 5.79. The van der Waals surface area contributed by atoms with Crippen LogP contribution in [0.25, 0.3) is 22.0 Å². The van der Waals surface area contributed by atoms with Gasteiger partial charge >= 0.3 is 12.0 Å². The number of nitrogens with zero attached hydrogens (tertiary/aromatic N) is 2. The molecular weight excluding hydrogens is 576 g/mol. The lowest BCUT2D eigenvalue weighted by Gasteiger charge is -2.23. The number of fused-ring (bicyclic) bond motifs is 1. The molecule has 0 radical (unpaired) electrons. The number of aryl methyl sites for hydroxylation is 1. The van der Waals surface area contributed by atoms with Crippen LogP contribution in [0.1, 0.15) is 74.7 Å². The van der Waals surface area contributed by atoms with E-state index in [0.29, 0.717) is 40.8 Å². The van der Waals surface area contributed by atoms with Crippen molar-refractivity contribution >= 4 is 28.8 Å². The van der Waals surface area contributed by atoms with Crippen LogP contribution < -0.4 is 5.32 Å². The monoisotopic (exact) mass is 612 g/mol. The number of urea groups is 1. The number of hydrogen-bond donors (Lipinski definition) is 2. The number of rotatable bonds is 9. The zero-order valence-corrected chi connectivity index (χ0v) is 26.4. The van der Waals surface area contributed by atoms with Gasteiger partial charge in [-0.05, 0) is 78.4 Å². The molecule has 0 fully saturated rings. The van der Waals surface area contributed by atoms with Crippen molar-refractivity contribution in [1.29, 1.82) is 5.26 Å². The molecule has 3 amide bonds. The largest absolute Gasteiger partial charge is 0.457 e. The molecule has 0 bridgehead atoms. The Balaban J connectivity index is 1.65. The van der Waals surface area contributed by atoms with Gasteiger partial charge in [-0.25, -0.2) is 9.59 Å². The number of H-pyrrole nitrogens is 1. The van der Waals surface area contributed by atoms with Crippen molar-refractivity contribution in [3.8, 4) is 17.2 Å². The molecule has 5 aromatic rings. The van der Waals surface area contributed by atoms with E-state index in [1.807, 2.05) is 73.8 Å². The number of nitrogens with one attached hydrogen (secondary N) is 2. The van der Waals surface area contributed by atoms with Gasteiger partial charge in [0.1, 0.15) is 6.61 Å². The Kier molecular flexibility index (Phi) is 9.63. The fourth-order valence-electron chi connectivity index (χ4n) is 5.76. The molecule has 2 N–H and O–H groups in total. The number of imide groups is 1. The molecule has 8 heteroatoms. The molecule has 1 aromatic heterocycles. The Hall–Kier alpha value is -5.68. The third kappa shape index (κ3) is 6.54. The van der Waals surface area contributed by atoms with Gasteiger partial charge in [-0.15, -0.1) is 0 Å². The van der Waals surface area contributed by atoms with Crippen molar-refractivity contribution in [2.45, 2.75) is 39.7 Å². The minimum Gasteiger partial charge on any atom is -0.457 e. The maximum Gasteiger partial charge on any atom is 0.339 e. The third-order valence-corrected chi connectivity index (χ3v) is 8.14. The number of carbonyl (C=O) groups is 3. The van der Waals surface area contributed by atoms with Crippen LogP contribution in [0.4, 0.5) is 4.79 Å². The number of ether oxygens (including phenoxy) is 1. The molecule has 1 heterocycles. The average Bonchev–Trinajstić information content (AvgIpc) is 3.50. The predicted octanol–water partition coefficient (Wildman–Crippen LogP) is 7.72. The molecule has 0 saturated carbocycles. The second kappa shape index (κ2) is 14.0. The first-order valence-electron chi connectivity index (χ1n) is 15.3. The van der Waals surface area contributed by atoms with Crippen molar-refractivity contribution < 1.29 is 19.1 Å². The minimum absolute atomic E-state index is 0.118. The number of benzene rings is 4. The van der Waals surface area contributed by atoms with Crippen molar-refractivity contribution in [2.24, 2.45) is 0 Å². The van der Waals surface area contributed by atoms with Crippen LogP contribution in [0.2, 0.25) is 0 Å². The Bertz CT molecular complexity index is 1960. The smallest absolute Gasteiger partial charge is 0.339 e. The van der Waals surface area contributed by atoms with Crippen molar-refractivity contribution in [3.63, 3.8) is 0 Å². The first-order chi connectivity index (χ1) is 22.2. The Morgan fingerprint density at radius 2 is 1.72 bits per heavy atom. The van der Waals surface area contributed by atoms with Crippen LogP contribution in [0.3, 0.4) is 0 Å². The van der Waals surface area contributed by atoms with E-state index in [2.05, 4.69) is 23.3 Å². The quantitative estimate of drug-likeness (QED) is 0.165. The molecule has 232 valence electrons. The standard InChI is InChI=1S/C38H36N4O4/c1-5-28(34-22-41-35-19-26(21-39)13-16-31(34)35)29-17-14-27(36(43)42(4)38(45)40-6-2)20-32(29)30-15-12-24(3)18-33(30)37(44)46-23-25-10-8-7-9-11-25/h7-20,22,28,41H,5-6,23H2,1-4H3,(H,40,45). The number of hydrogen-bond acceptors (Lipinski definition) is 5. The topological polar surface area (TPSA) is 115 Å². The molecule has 5 rings (SSSR count). The highest BCUT2D eigenvalue weighted by Gasteiger charge is 2.26. The molecule has 0 aliphatic carbocycles. The summed E-state index contributed by atoms with van der Waals surface area (Å²) in [4.78, 5) is 44.1. The van der Waals surface area contributed by atoms with E-state index in [1.165, 1.54) is 7.05 Å². The minimum atomic E-state index is -0.499. The van der Waals surface area contributed by atoms with E-state index in [9.17, 15) is 19.6 Å².